The highest BCUT2D eigenvalue weighted by molar-refractivity contribution is 9.10. The average molecular weight is 343 g/mol. The molecule has 3 heteroatoms. The summed E-state index contributed by atoms with van der Waals surface area (Å²) in [4.78, 5) is 0. The van der Waals surface area contributed by atoms with Gasteiger partial charge in [-0.25, -0.2) is 0 Å². The van der Waals surface area contributed by atoms with Crippen LogP contribution in [0.3, 0.4) is 0 Å². The van der Waals surface area contributed by atoms with Gasteiger partial charge in [-0.3, -0.25) is 0 Å². The van der Waals surface area contributed by atoms with Gasteiger partial charge in [0.25, 0.3) is 0 Å². The number of fused-ring (bicyclic) bond motifs is 1. The maximum absolute atomic E-state index is 5.76. The fourth-order valence-electron chi connectivity index (χ4n) is 2.80. The number of nitrogens with zero attached hydrogens (tertiary/aromatic N) is 1. The lowest BCUT2D eigenvalue weighted by Gasteiger charge is -2.09. The molecule has 1 heterocycles. The molecule has 0 bridgehead atoms. The molecule has 0 aliphatic heterocycles. The van der Waals surface area contributed by atoms with Crippen molar-refractivity contribution < 1.29 is 0 Å². The molecule has 0 atom stereocenters. The predicted molar refractivity (Wildman–Crippen MR) is 92.5 cm³/mol. The normalized spacial score (nSPS) is 11.2. The molecule has 21 heavy (non-hydrogen) atoms. The van der Waals surface area contributed by atoms with E-state index >= 15 is 0 Å². The maximum Gasteiger partial charge on any atom is 0.0488 e. The molecule has 0 saturated carbocycles. The third-order valence-electron chi connectivity index (χ3n) is 4.19. The van der Waals surface area contributed by atoms with Crippen LogP contribution < -0.4 is 5.73 Å². The Morgan fingerprint density at radius 2 is 1.67 bits per heavy atom. The Bertz CT molecular complexity index is 785. The zero-order valence-corrected chi connectivity index (χ0v) is 13.9. The van der Waals surface area contributed by atoms with Crippen molar-refractivity contribution in [2.45, 2.75) is 26.9 Å². The van der Waals surface area contributed by atoms with Crippen LogP contribution in [0.2, 0.25) is 0 Å². The summed E-state index contributed by atoms with van der Waals surface area (Å²) in [6.45, 7) is 5.87. The van der Waals surface area contributed by atoms with E-state index in [1.165, 1.54) is 33.3 Å². The van der Waals surface area contributed by atoms with Crippen molar-refractivity contribution in [2.24, 2.45) is 5.73 Å². The lowest BCUT2D eigenvalue weighted by molar-refractivity contribution is 0.800. The standard InChI is InChI=1S/C18H19BrN2/c1-12-13(2)21(11-14-3-6-16(19)7-4-14)18-8-5-15(10-20)9-17(12)18/h3-9H,10-11,20H2,1-2H3. The van der Waals surface area contributed by atoms with Crippen molar-refractivity contribution in [1.82, 2.24) is 4.57 Å². The summed E-state index contributed by atoms with van der Waals surface area (Å²) in [5.74, 6) is 0. The van der Waals surface area contributed by atoms with Crippen LogP contribution in [0.15, 0.2) is 46.9 Å². The van der Waals surface area contributed by atoms with E-state index in [0.717, 1.165) is 11.0 Å². The van der Waals surface area contributed by atoms with Gasteiger partial charge in [-0.2, -0.15) is 0 Å². The highest BCUT2D eigenvalue weighted by Gasteiger charge is 2.11. The van der Waals surface area contributed by atoms with E-state index in [4.69, 9.17) is 5.73 Å². The first-order chi connectivity index (χ1) is 10.1. The molecule has 0 spiro atoms. The summed E-state index contributed by atoms with van der Waals surface area (Å²) in [5.41, 5.74) is 12.2. The van der Waals surface area contributed by atoms with Crippen molar-refractivity contribution in [1.29, 1.82) is 0 Å². The second-order valence-corrected chi connectivity index (χ2v) is 6.39. The third kappa shape index (κ3) is 2.63. The van der Waals surface area contributed by atoms with Crippen molar-refractivity contribution >= 4 is 26.8 Å². The molecule has 0 aliphatic carbocycles. The molecule has 0 amide bonds. The molecule has 0 aliphatic rings. The van der Waals surface area contributed by atoms with Crippen LogP contribution in [0.5, 0.6) is 0 Å². The van der Waals surface area contributed by atoms with Crippen LogP contribution in [0.25, 0.3) is 10.9 Å². The first kappa shape index (κ1) is 14.4. The molecule has 3 rings (SSSR count). The molecule has 0 unspecified atom stereocenters. The van der Waals surface area contributed by atoms with Crippen molar-refractivity contribution in [3.05, 3.63) is 69.3 Å². The molecule has 1 aromatic heterocycles. The Hall–Kier alpha value is -1.58. The van der Waals surface area contributed by atoms with Crippen molar-refractivity contribution in [3.8, 4) is 0 Å². The van der Waals surface area contributed by atoms with Crippen LogP contribution in [-0.2, 0) is 13.1 Å². The minimum atomic E-state index is 0.590. The van der Waals surface area contributed by atoms with Crippen LogP contribution in [0, 0.1) is 13.8 Å². The summed E-state index contributed by atoms with van der Waals surface area (Å²) >= 11 is 3.49. The Labute approximate surface area is 133 Å². The molecular weight excluding hydrogens is 324 g/mol. The Kier molecular flexibility index (Phi) is 3.87. The van der Waals surface area contributed by atoms with Gasteiger partial charge in [-0.1, -0.05) is 34.1 Å². The van der Waals surface area contributed by atoms with Crippen LogP contribution >= 0.6 is 15.9 Å². The molecule has 108 valence electrons. The van der Waals surface area contributed by atoms with Crippen molar-refractivity contribution in [2.75, 3.05) is 0 Å². The molecule has 2 aromatic carbocycles. The average Bonchev–Trinajstić information content (AvgIpc) is 2.74. The molecule has 0 saturated heterocycles. The lowest BCUT2D eigenvalue weighted by atomic mass is 10.1. The van der Waals surface area contributed by atoms with Gasteiger partial charge in [-0.15, -0.1) is 0 Å². The monoisotopic (exact) mass is 342 g/mol. The van der Waals surface area contributed by atoms with Crippen LogP contribution in [0.4, 0.5) is 0 Å². The first-order valence-corrected chi connectivity index (χ1v) is 7.92. The first-order valence-electron chi connectivity index (χ1n) is 7.13. The van der Waals surface area contributed by atoms with Crippen molar-refractivity contribution in [3.63, 3.8) is 0 Å². The highest BCUT2D eigenvalue weighted by atomic mass is 79.9. The number of hydrogen-bond acceptors (Lipinski definition) is 1. The maximum atomic E-state index is 5.76. The number of benzene rings is 2. The van der Waals surface area contributed by atoms with Gasteiger partial charge in [0.1, 0.15) is 0 Å². The Balaban J connectivity index is 2.09. The van der Waals surface area contributed by atoms with Gasteiger partial charge in [-0.05, 0) is 54.8 Å². The van der Waals surface area contributed by atoms with E-state index in [-0.39, 0.29) is 0 Å². The van der Waals surface area contributed by atoms with E-state index in [9.17, 15) is 0 Å². The zero-order chi connectivity index (χ0) is 15.0. The SMILES string of the molecule is Cc1c(C)n(Cc2ccc(Br)cc2)c2ccc(CN)cc12. The summed E-state index contributed by atoms with van der Waals surface area (Å²) in [6.07, 6.45) is 0. The molecule has 2 nitrogen and oxygen atoms in total. The second kappa shape index (κ2) is 5.66. The van der Waals surface area contributed by atoms with E-state index < -0.39 is 0 Å². The molecule has 0 fully saturated rings. The van der Waals surface area contributed by atoms with Gasteiger partial charge in [0.05, 0.1) is 0 Å². The van der Waals surface area contributed by atoms with E-state index in [2.05, 4.69) is 76.8 Å². The number of aryl methyl sites for hydroxylation is 1. The molecule has 3 aromatic rings. The Morgan fingerprint density at radius 3 is 2.33 bits per heavy atom. The van der Waals surface area contributed by atoms with Gasteiger partial charge in [0, 0.05) is 34.2 Å². The number of nitrogens with two attached hydrogens (primary N) is 1. The molecule has 0 radical (unpaired) electrons. The van der Waals surface area contributed by atoms with Gasteiger partial charge < -0.3 is 10.3 Å². The second-order valence-electron chi connectivity index (χ2n) is 5.48. The van der Waals surface area contributed by atoms with E-state index in [1.54, 1.807) is 0 Å². The summed E-state index contributed by atoms with van der Waals surface area (Å²) < 4.78 is 3.50. The van der Waals surface area contributed by atoms with Gasteiger partial charge in [0.15, 0.2) is 0 Å². The Morgan fingerprint density at radius 1 is 1.00 bits per heavy atom. The minimum absolute atomic E-state index is 0.590. The summed E-state index contributed by atoms with van der Waals surface area (Å²) in [7, 11) is 0. The molecule has 2 N–H and O–H groups in total. The largest absolute Gasteiger partial charge is 0.340 e. The number of hydrogen-bond donors (Lipinski definition) is 1. The van der Waals surface area contributed by atoms with Crippen LogP contribution in [-0.4, -0.2) is 4.57 Å². The quantitative estimate of drug-likeness (QED) is 0.744. The number of aromatic nitrogens is 1. The third-order valence-corrected chi connectivity index (χ3v) is 4.72. The van der Waals surface area contributed by atoms with E-state index in [0.29, 0.717) is 6.54 Å². The number of rotatable bonds is 3. The van der Waals surface area contributed by atoms with Crippen LogP contribution in [0.1, 0.15) is 22.4 Å². The van der Waals surface area contributed by atoms with Gasteiger partial charge in [0.2, 0.25) is 0 Å². The summed E-state index contributed by atoms with van der Waals surface area (Å²) in [5, 5.41) is 1.31. The molecular formula is C18H19BrN2. The fraction of sp³-hybridized carbons (Fsp3) is 0.222. The lowest BCUT2D eigenvalue weighted by Crippen LogP contribution is -2.02. The predicted octanol–water partition coefficient (Wildman–Crippen LogP) is 4.53. The zero-order valence-electron chi connectivity index (χ0n) is 12.4. The fourth-order valence-corrected chi connectivity index (χ4v) is 3.06. The van der Waals surface area contributed by atoms with E-state index in [1.807, 2.05) is 0 Å². The van der Waals surface area contributed by atoms with Gasteiger partial charge >= 0.3 is 0 Å². The minimum Gasteiger partial charge on any atom is -0.340 e. The highest BCUT2D eigenvalue weighted by Crippen LogP contribution is 2.27. The number of halogens is 1. The topological polar surface area (TPSA) is 30.9 Å². The smallest absolute Gasteiger partial charge is 0.0488 e. The summed E-state index contributed by atoms with van der Waals surface area (Å²) in [6, 6.07) is 15.1.